The minimum absolute atomic E-state index is 0.313. The lowest BCUT2D eigenvalue weighted by molar-refractivity contribution is 0.0171. The third-order valence-corrected chi connectivity index (χ3v) is 5.92. The molecule has 6 nitrogen and oxygen atoms in total. The smallest absolute Gasteiger partial charge is 0.410 e. The first-order chi connectivity index (χ1) is 14.7. The number of alkyl halides is 2. The second kappa shape index (κ2) is 10.2. The van der Waals surface area contributed by atoms with Crippen LogP contribution in [0, 0.1) is 0 Å². The molecule has 168 valence electrons. The van der Waals surface area contributed by atoms with Crippen molar-refractivity contribution in [2.45, 2.75) is 37.8 Å². The van der Waals surface area contributed by atoms with Crippen molar-refractivity contribution in [1.29, 1.82) is 0 Å². The summed E-state index contributed by atoms with van der Waals surface area (Å²) in [7, 11) is -3.52. The fraction of sp³-hybridized carbons (Fsp3) is 0.409. The highest BCUT2D eigenvalue weighted by molar-refractivity contribution is 7.88. The third-order valence-electron chi connectivity index (χ3n) is 5.19. The maximum absolute atomic E-state index is 12.5. The number of hydrogen-bond acceptors (Lipinski definition) is 4. The Hall–Kier alpha value is -2.52. The van der Waals surface area contributed by atoms with E-state index in [1.54, 1.807) is 0 Å². The van der Waals surface area contributed by atoms with E-state index in [1.807, 2.05) is 54.6 Å². The Labute approximate surface area is 181 Å². The number of carbonyl (C=O) groups is 1. The standard InChI is InChI=1S/C22H26F2N2O4S/c1-31(28,29)25-19-11-6-12-26(22(27)30-15-21(23)24)20(19)14-16-7-5-10-18(13-16)17-8-3-2-4-9-17/h2-5,7-10,13,19-21,25H,6,11-12,14-15H2,1H3. The minimum Gasteiger partial charge on any atom is -0.443 e. The molecule has 0 saturated carbocycles. The maximum Gasteiger partial charge on any atom is 0.410 e. The van der Waals surface area contributed by atoms with E-state index in [2.05, 4.69) is 4.72 Å². The molecule has 2 aromatic carbocycles. The van der Waals surface area contributed by atoms with Crippen molar-refractivity contribution >= 4 is 16.1 Å². The summed E-state index contributed by atoms with van der Waals surface area (Å²) in [6, 6.07) is 16.5. The fourth-order valence-corrected chi connectivity index (χ4v) is 4.74. The second-order valence-corrected chi connectivity index (χ2v) is 9.42. The number of likely N-dealkylation sites (tertiary alicyclic amines) is 1. The Balaban J connectivity index is 1.86. The van der Waals surface area contributed by atoms with E-state index >= 15 is 0 Å². The van der Waals surface area contributed by atoms with E-state index in [0.29, 0.717) is 25.8 Å². The largest absolute Gasteiger partial charge is 0.443 e. The van der Waals surface area contributed by atoms with Crippen LogP contribution in [0.1, 0.15) is 18.4 Å². The monoisotopic (exact) mass is 452 g/mol. The van der Waals surface area contributed by atoms with Gasteiger partial charge in [0.15, 0.2) is 6.61 Å². The van der Waals surface area contributed by atoms with E-state index in [1.165, 1.54) is 4.90 Å². The van der Waals surface area contributed by atoms with Crippen LogP contribution in [0.3, 0.4) is 0 Å². The molecule has 0 aliphatic carbocycles. The summed E-state index contributed by atoms with van der Waals surface area (Å²) in [6.45, 7) is -0.678. The molecule has 0 spiro atoms. The lowest BCUT2D eigenvalue weighted by Crippen LogP contribution is -2.58. The molecule has 1 aliphatic rings. The van der Waals surface area contributed by atoms with Crippen molar-refractivity contribution in [2.24, 2.45) is 0 Å². The molecule has 9 heteroatoms. The molecule has 2 atom stereocenters. The van der Waals surface area contributed by atoms with Gasteiger partial charge in [-0.15, -0.1) is 0 Å². The number of nitrogens with one attached hydrogen (secondary N) is 1. The van der Waals surface area contributed by atoms with Gasteiger partial charge in [0.1, 0.15) is 0 Å². The number of carbonyl (C=O) groups excluding carboxylic acids is 1. The number of benzene rings is 2. The molecule has 3 rings (SSSR count). The number of hydrogen-bond donors (Lipinski definition) is 1. The zero-order chi connectivity index (χ0) is 22.4. The van der Waals surface area contributed by atoms with Gasteiger partial charge in [0.2, 0.25) is 10.0 Å². The highest BCUT2D eigenvalue weighted by Gasteiger charge is 2.37. The first-order valence-corrected chi connectivity index (χ1v) is 12.0. The van der Waals surface area contributed by atoms with Gasteiger partial charge < -0.3 is 9.64 Å². The van der Waals surface area contributed by atoms with Gasteiger partial charge in [-0.25, -0.2) is 26.7 Å². The Morgan fingerprint density at radius 1 is 1.16 bits per heavy atom. The Kier molecular flexibility index (Phi) is 7.61. The van der Waals surface area contributed by atoms with Crippen LogP contribution in [-0.2, 0) is 21.2 Å². The number of ether oxygens (including phenoxy) is 1. The SMILES string of the molecule is CS(=O)(=O)NC1CCCN(C(=O)OCC(F)F)C1Cc1cccc(-c2ccccc2)c1. The molecule has 1 fully saturated rings. The molecule has 2 unspecified atom stereocenters. The van der Waals surface area contributed by atoms with Crippen LogP contribution in [0.2, 0.25) is 0 Å². The molecule has 0 aromatic heterocycles. The number of nitrogens with zero attached hydrogens (tertiary/aromatic N) is 1. The highest BCUT2D eigenvalue weighted by atomic mass is 32.2. The van der Waals surface area contributed by atoms with Gasteiger partial charge >= 0.3 is 6.09 Å². The van der Waals surface area contributed by atoms with Gasteiger partial charge in [0.05, 0.1) is 12.3 Å². The van der Waals surface area contributed by atoms with Crippen LogP contribution >= 0.6 is 0 Å². The molecule has 1 saturated heterocycles. The van der Waals surface area contributed by atoms with E-state index in [-0.39, 0.29) is 0 Å². The topological polar surface area (TPSA) is 75.7 Å². The molecule has 1 aliphatic heterocycles. The second-order valence-electron chi connectivity index (χ2n) is 7.64. The van der Waals surface area contributed by atoms with Gasteiger partial charge in [-0.1, -0.05) is 54.6 Å². The Bertz CT molecular complexity index is 986. The molecule has 2 aromatic rings. The van der Waals surface area contributed by atoms with Crippen LogP contribution in [0.15, 0.2) is 54.6 Å². The van der Waals surface area contributed by atoms with Gasteiger partial charge in [0.25, 0.3) is 6.43 Å². The van der Waals surface area contributed by atoms with E-state index in [0.717, 1.165) is 22.9 Å². The van der Waals surface area contributed by atoms with Crippen LogP contribution in [0.5, 0.6) is 0 Å². The fourth-order valence-electron chi connectivity index (χ4n) is 3.92. The summed E-state index contributed by atoms with van der Waals surface area (Å²) in [5.74, 6) is 0. The zero-order valence-corrected chi connectivity index (χ0v) is 18.0. The lowest BCUT2D eigenvalue weighted by Gasteiger charge is -2.40. The van der Waals surface area contributed by atoms with Crippen molar-refractivity contribution in [2.75, 3.05) is 19.4 Å². The first kappa shape index (κ1) is 23.1. The quantitative estimate of drug-likeness (QED) is 0.696. The molecule has 31 heavy (non-hydrogen) atoms. The summed E-state index contributed by atoms with van der Waals surface area (Å²) in [5, 5.41) is 0. The average molecular weight is 453 g/mol. The first-order valence-electron chi connectivity index (χ1n) is 10.1. The maximum atomic E-state index is 12.5. The van der Waals surface area contributed by atoms with Crippen molar-refractivity contribution < 1.29 is 26.7 Å². The van der Waals surface area contributed by atoms with Crippen LogP contribution < -0.4 is 4.72 Å². The molecular formula is C22H26F2N2O4S. The van der Waals surface area contributed by atoms with Crippen LogP contribution in [0.25, 0.3) is 11.1 Å². The van der Waals surface area contributed by atoms with Crippen molar-refractivity contribution in [1.82, 2.24) is 9.62 Å². The van der Waals surface area contributed by atoms with Crippen molar-refractivity contribution in [3.05, 3.63) is 60.2 Å². The van der Waals surface area contributed by atoms with Gasteiger partial charge in [-0.2, -0.15) is 0 Å². The van der Waals surface area contributed by atoms with Crippen LogP contribution in [0.4, 0.5) is 13.6 Å². The van der Waals surface area contributed by atoms with Crippen LogP contribution in [-0.4, -0.2) is 57.3 Å². The van der Waals surface area contributed by atoms with Gasteiger partial charge in [0, 0.05) is 12.6 Å². The number of piperidine rings is 1. The van der Waals surface area contributed by atoms with E-state index in [9.17, 15) is 22.0 Å². The van der Waals surface area contributed by atoms with Gasteiger partial charge in [-0.3, -0.25) is 0 Å². The zero-order valence-electron chi connectivity index (χ0n) is 17.2. The number of sulfonamides is 1. The summed E-state index contributed by atoms with van der Waals surface area (Å²) < 4.78 is 56.2. The summed E-state index contributed by atoms with van der Waals surface area (Å²) in [5.41, 5.74) is 2.93. The summed E-state index contributed by atoms with van der Waals surface area (Å²) in [6.07, 6.45) is -1.12. The van der Waals surface area contributed by atoms with Crippen molar-refractivity contribution in [3.63, 3.8) is 0 Å². The van der Waals surface area contributed by atoms with E-state index in [4.69, 9.17) is 4.74 Å². The lowest BCUT2D eigenvalue weighted by atomic mass is 9.90. The molecule has 0 radical (unpaired) electrons. The molecule has 1 heterocycles. The molecule has 1 amide bonds. The summed E-state index contributed by atoms with van der Waals surface area (Å²) in [4.78, 5) is 13.9. The molecular weight excluding hydrogens is 426 g/mol. The molecule has 0 bridgehead atoms. The van der Waals surface area contributed by atoms with Crippen molar-refractivity contribution in [3.8, 4) is 11.1 Å². The normalized spacial score (nSPS) is 19.4. The number of amides is 1. The van der Waals surface area contributed by atoms with E-state index < -0.39 is 41.2 Å². The number of rotatable bonds is 7. The Morgan fingerprint density at radius 2 is 1.87 bits per heavy atom. The Morgan fingerprint density at radius 3 is 2.55 bits per heavy atom. The minimum atomic E-state index is -3.52. The third kappa shape index (κ3) is 6.73. The predicted octanol–water partition coefficient (Wildman–Crippen LogP) is 3.68. The average Bonchev–Trinajstić information content (AvgIpc) is 2.73. The highest BCUT2D eigenvalue weighted by Crippen LogP contribution is 2.26. The predicted molar refractivity (Wildman–Crippen MR) is 114 cm³/mol. The molecule has 1 N–H and O–H groups in total. The summed E-state index contributed by atoms with van der Waals surface area (Å²) >= 11 is 0. The van der Waals surface area contributed by atoms with Gasteiger partial charge in [-0.05, 0) is 36.0 Å². The number of halogens is 2.